The number of hydrogen-bond donors (Lipinski definition) is 2. The molecule has 1 aromatic heterocycles. The van der Waals surface area contributed by atoms with Crippen molar-refractivity contribution in [3.05, 3.63) is 148 Å². The second kappa shape index (κ2) is 10.1. The Morgan fingerprint density at radius 1 is 0.722 bits per heavy atom. The van der Waals surface area contributed by atoms with Crippen LogP contribution in [-0.2, 0) is 0 Å². The molecule has 0 fully saturated rings. The maximum atomic E-state index is 13.4. The fraction of sp³-hybridized carbons (Fsp3) is 0.0333. The second-order valence-corrected chi connectivity index (χ2v) is 8.30. The van der Waals surface area contributed by atoms with Crippen molar-refractivity contribution in [2.75, 3.05) is 0 Å². The number of hydrogen-bond acceptors (Lipinski definition) is 3. The minimum Gasteiger partial charge on any atom is -0.295 e. The number of rotatable bonds is 6. The number of hydrazone groups is 1. The van der Waals surface area contributed by atoms with Crippen LogP contribution < -0.4 is 11.0 Å². The minimum absolute atomic E-state index is 0.247. The summed E-state index contributed by atoms with van der Waals surface area (Å²) in [5.74, 6) is -0.361. The molecule has 0 atom stereocenters. The van der Waals surface area contributed by atoms with Crippen LogP contribution in [0.3, 0.4) is 0 Å². The van der Waals surface area contributed by atoms with Gasteiger partial charge in [-0.3, -0.25) is 14.7 Å². The number of H-pyrrole nitrogens is 1. The molecule has 0 unspecified atom stereocenters. The van der Waals surface area contributed by atoms with Crippen LogP contribution in [0.25, 0.3) is 16.8 Å². The van der Waals surface area contributed by atoms with Gasteiger partial charge < -0.3 is 0 Å². The number of para-hydroxylation sites is 1. The number of nitrogens with one attached hydrogen (secondary N) is 2. The van der Waals surface area contributed by atoms with E-state index in [0.717, 1.165) is 16.7 Å². The first kappa shape index (κ1) is 22.8. The first-order chi connectivity index (χ1) is 17.6. The molecule has 36 heavy (non-hydrogen) atoms. The number of aromatic nitrogens is 2. The first-order valence-corrected chi connectivity index (χ1v) is 11.6. The van der Waals surface area contributed by atoms with Crippen molar-refractivity contribution < 1.29 is 4.79 Å². The summed E-state index contributed by atoms with van der Waals surface area (Å²) >= 11 is 0. The van der Waals surface area contributed by atoms with E-state index in [4.69, 9.17) is 0 Å². The Labute approximate surface area is 208 Å². The molecule has 0 saturated carbocycles. The lowest BCUT2D eigenvalue weighted by Crippen LogP contribution is -2.25. The molecule has 5 aromatic rings. The predicted molar refractivity (Wildman–Crippen MR) is 143 cm³/mol. The van der Waals surface area contributed by atoms with Crippen molar-refractivity contribution in [3.8, 4) is 16.8 Å². The van der Waals surface area contributed by atoms with E-state index in [0.29, 0.717) is 28.2 Å². The van der Waals surface area contributed by atoms with E-state index in [1.807, 2.05) is 110 Å². The molecular formula is C30H24N4O2. The summed E-state index contributed by atoms with van der Waals surface area (Å²) in [6, 6.07) is 36.0. The molecule has 0 saturated heterocycles. The third-order valence-corrected chi connectivity index (χ3v) is 5.89. The Balaban J connectivity index is 1.48. The van der Waals surface area contributed by atoms with E-state index in [1.54, 1.807) is 12.1 Å². The highest BCUT2D eigenvalue weighted by molar-refractivity contribution is 6.14. The summed E-state index contributed by atoms with van der Waals surface area (Å²) in [7, 11) is 0. The van der Waals surface area contributed by atoms with Crippen molar-refractivity contribution in [1.82, 2.24) is 15.2 Å². The van der Waals surface area contributed by atoms with Crippen LogP contribution in [0, 0.1) is 6.92 Å². The fourth-order valence-electron chi connectivity index (χ4n) is 4.06. The smallest absolute Gasteiger partial charge is 0.281 e. The molecule has 5 rings (SSSR count). The largest absolute Gasteiger partial charge is 0.295 e. The molecule has 1 heterocycles. The molecule has 0 aliphatic heterocycles. The van der Waals surface area contributed by atoms with E-state index in [1.165, 1.54) is 4.68 Å². The molecule has 0 aliphatic rings. The summed E-state index contributed by atoms with van der Waals surface area (Å²) in [6.45, 7) is 1.82. The van der Waals surface area contributed by atoms with Gasteiger partial charge in [0.1, 0.15) is 5.71 Å². The monoisotopic (exact) mass is 472 g/mol. The lowest BCUT2D eigenvalue weighted by atomic mass is 10.0. The van der Waals surface area contributed by atoms with Gasteiger partial charge in [-0.2, -0.15) is 5.10 Å². The van der Waals surface area contributed by atoms with Crippen LogP contribution in [0.5, 0.6) is 0 Å². The van der Waals surface area contributed by atoms with Crippen molar-refractivity contribution in [2.45, 2.75) is 6.92 Å². The normalized spacial score (nSPS) is 11.3. The number of nitrogens with zero attached hydrogens (tertiary/aromatic N) is 2. The van der Waals surface area contributed by atoms with Gasteiger partial charge >= 0.3 is 0 Å². The lowest BCUT2D eigenvalue weighted by molar-refractivity contribution is 0.0955. The molecule has 6 nitrogen and oxygen atoms in total. The summed E-state index contributed by atoms with van der Waals surface area (Å²) in [5, 5.41) is 7.56. The van der Waals surface area contributed by atoms with Crippen molar-refractivity contribution >= 4 is 11.6 Å². The topological polar surface area (TPSA) is 79.2 Å². The van der Waals surface area contributed by atoms with Crippen LogP contribution in [0.2, 0.25) is 0 Å². The standard InChI is InChI=1S/C30H24N4O2/c1-21-27(30(36)34(33-21)26-15-9-4-10-16-26)28(24-13-7-3-8-14-24)31-32-29(35)25-19-17-23(18-20-25)22-11-5-2-6-12-22/h2-20,33H,1H3,(H,32,35). The third-order valence-electron chi connectivity index (χ3n) is 5.89. The zero-order valence-electron chi connectivity index (χ0n) is 19.7. The Morgan fingerprint density at radius 2 is 1.28 bits per heavy atom. The van der Waals surface area contributed by atoms with Gasteiger partial charge in [0.2, 0.25) is 0 Å². The van der Waals surface area contributed by atoms with Crippen LogP contribution in [-0.4, -0.2) is 21.4 Å². The lowest BCUT2D eigenvalue weighted by Gasteiger charge is -2.07. The van der Waals surface area contributed by atoms with Gasteiger partial charge in [-0.05, 0) is 42.3 Å². The van der Waals surface area contributed by atoms with Crippen molar-refractivity contribution in [1.29, 1.82) is 0 Å². The first-order valence-electron chi connectivity index (χ1n) is 11.6. The van der Waals surface area contributed by atoms with E-state index >= 15 is 0 Å². The summed E-state index contributed by atoms with van der Waals surface area (Å²) in [6.07, 6.45) is 0. The van der Waals surface area contributed by atoms with E-state index in [2.05, 4.69) is 15.6 Å². The maximum absolute atomic E-state index is 13.4. The Hall–Kier alpha value is -4.97. The van der Waals surface area contributed by atoms with E-state index in [-0.39, 0.29) is 11.5 Å². The molecule has 0 radical (unpaired) electrons. The number of carbonyl (C=O) groups excluding carboxylic acids is 1. The van der Waals surface area contributed by atoms with Crippen LogP contribution >= 0.6 is 0 Å². The number of carbonyl (C=O) groups is 1. The number of amides is 1. The Bertz CT molecular complexity index is 1570. The number of aryl methyl sites for hydroxylation is 1. The second-order valence-electron chi connectivity index (χ2n) is 8.30. The zero-order chi connectivity index (χ0) is 24.9. The predicted octanol–water partition coefficient (Wildman–Crippen LogP) is 5.32. The van der Waals surface area contributed by atoms with Crippen molar-refractivity contribution in [2.24, 2.45) is 5.10 Å². The molecule has 6 heteroatoms. The number of benzene rings is 4. The van der Waals surface area contributed by atoms with Gasteiger partial charge in [-0.1, -0.05) is 91.0 Å². The highest BCUT2D eigenvalue weighted by atomic mass is 16.2. The third kappa shape index (κ3) is 4.65. The highest BCUT2D eigenvalue weighted by Crippen LogP contribution is 2.19. The average Bonchev–Trinajstić information content (AvgIpc) is 3.24. The van der Waals surface area contributed by atoms with E-state index < -0.39 is 0 Å². The van der Waals surface area contributed by atoms with Gasteiger partial charge in [0.05, 0.1) is 11.3 Å². The molecule has 0 bridgehead atoms. The van der Waals surface area contributed by atoms with Gasteiger partial charge in [0.15, 0.2) is 0 Å². The van der Waals surface area contributed by atoms with Gasteiger partial charge in [0, 0.05) is 16.8 Å². The fourth-order valence-corrected chi connectivity index (χ4v) is 4.06. The summed E-state index contributed by atoms with van der Waals surface area (Å²) < 4.78 is 1.48. The number of aromatic amines is 1. The molecular weight excluding hydrogens is 448 g/mol. The van der Waals surface area contributed by atoms with Crippen molar-refractivity contribution in [3.63, 3.8) is 0 Å². The molecule has 4 aromatic carbocycles. The minimum atomic E-state index is -0.361. The maximum Gasteiger partial charge on any atom is 0.281 e. The molecule has 176 valence electrons. The molecule has 0 spiro atoms. The van der Waals surface area contributed by atoms with Crippen LogP contribution in [0.4, 0.5) is 0 Å². The Morgan fingerprint density at radius 3 is 1.92 bits per heavy atom. The quantitative estimate of drug-likeness (QED) is 0.259. The Kier molecular flexibility index (Phi) is 6.40. The summed E-state index contributed by atoms with van der Waals surface area (Å²) in [4.78, 5) is 26.4. The zero-order valence-corrected chi connectivity index (χ0v) is 19.7. The van der Waals surface area contributed by atoms with Gasteiger partial charge in [-0.25, -0.2) is 10.1 Å². The van der Waals surface area contributed by atoms with E-state index in [9.17, 15) is 9.59 Å². The van der Waals surface area contributed by atoms with Gasteiger partial charge in [-0.15, -0.1) is 0 Å². The van der Waals surface area contributed by atoms with Crippen LogP contribution in [0.15, 0.2) is 125 Å². The van der Waals surface area contributed by atoms with Crippen LogP contribution in [0.1, 0.15) is 27.2 Å². The highest BCUT2D eigenvalue weighted by Gasteiger charge is 2.20. The molecule has 2 N–H and O–H groups in total. The SMILES string of the molecule is Cc1[nH]n(-c2ccccc2)c(=O)c1C(=NNC(=O)c1ccc(-c2ccccc2)cc1)c1ccccc1. The average molecular weight is 473 g/mol. The summed E-state index contributed by atoms with van der Waals surface area (Å²) in [5.41, 5.74) is 7.82. The van der Waals surface area contributed by atoms with Gasteiger partial charge in [0.25, 0.3) is 11.5 Å². The molecule has 0 aliphatic carbocycles. The molecule has 1 amide bonds.